The lowest BCUT2D eigenvalue weighted by Crippen LogP contribution is -2.34. The standard InChI is InChI=1S/C12H8ClNO3/c13-10(15)7-14-11(16)6-9(12(14)17)8-4-2-1-3-5-8/h1-6H,7H2. The maximum atomic E-state index is 11.9. The van der Waals surface area contributed by atoms with Crippen LogP contribution in [0, 0.1) is 0 Å². The van der Waals surface area contributed by atoms with Gasteiger partial charge in [0.15, 0.2) is 0 Å². The van der Waals surface area contributed by atoms with Gasteiger partial charge < -0.3 is 0 Å². The normalized spacial score (nSPS) is 15.1. The third kappa shape index (κ3) is 2.26. The number of carbonyl (C=O) groups is 3. The van der Waals surface area contributed by atoms with Crippen molar-refractivity contribution in [3.05, 3.63) is 42.0 Å². The third-order valence-electron chi connectivity index (χ3n) is 2.38. The van der Waals surface area contributed by atoms with Gasteiger partial charge in [0, 0.05) is 6.08 Å². The van der Waals surface area contributed by atoms with Gasteiger partial charge in [-0.05, 0) is 17.2 Å². The summed E-state index contributed by atoms with van der Waals surface area (Å²) in [6, 6.07) is 8.80. The molecule has 0 atom stereocenters. The summed E-state index contributed by atoms with van der Waals surface area (Å²) in [5.41, 5.74) is 0.934. The summed E-state index contributed by atoms with van der Waals surface area (Å²) in [7, 11) is 0. The van der Waals surface area contributed by atoms with Crippen LogP contribution in [0.1, 0.15) is 5.56 Å². The zero-order valence-corrected chi connectivity index (χ0v) is 9.48. The van der Waals surface area contributed by atoms with Crippen molar-refractivity contribution < 1.29 is 14.4 Å². The van der Waals surface area contributed by atoms with Gasteiger partial charge in [0.2, 0.25) is 5.24 Å². The Morgan fingerprint density at radius 2 is 1.82 bits per heavy atom. The van der Waals surface area contributed by atoms with E-state index in [0.29, 0.717) is 5.56 Å². The predicted octanol–water partition coefficient (Wildman–Crippen LogP) is 1.20. The molecule has 0 bridgehead atoms. The quantitative estimate of drug-likeness (QED) is 0.598. The first-order chi connectivity index (χ1) is 8.09. The van der Waals surface area contributed by atoms with Gasteiger partial charge in [-0.25, -0.2) is 0 Å². The first-order valence-electron chi connectivity index (χ1n) is 4.91. The SMILES string of the molecule is O=C(Cl)CN1C(=O)C=C(c2ccccc2)C1=O. The van der Waals surface area contributed by atoms with Gasteiger partial charge in [-0.3, -0.25) is 19.3 Å². The lowest BCUT2D eigenvalue weighted by atomic mass is 10.1. The minimum absolute atomic E-state index is 0.286. The molecule has 0 unspecified atom stereocenters. The molecule has 86 valence electrons. The van der Waals surface area contributed by atoms with E-state index in [1.165, 1.54) is 6.08 Å². The van der Waals surface area contributed by atoms with Crippen LogP contribution in [-0.2, 0) is 14.4 Å². The molecular weight excluding hydrogens is 242 g/mol. The van der Waals surface area contributed by atoms with Crippen molar-refractivity contribution in [3.8, 4) is 0 Å². The molecule has 2 rings (SSSR count). The number of imide groups is 1. The zero-order valence-electron chi connectivity index (χ0n) is 8.72. The summed E-state index contributed by atoms with van der Waals surface area (Å²) in [4.78, 5) is 35.0. The number of rotatable bonds is 3. The Morgan fingerprint density at radius 1 is 1.18 bits per heavy atom. The van der Waals surface area contributed by atoms with Crippen molar-refractivity contribution in [3.63, 3.8) is 0 Å². The highest BCUT2D eigenvalue weighted by atomic mass is 35.5. The average molecular weight is 250 g/mol. The molecule has 0 radical (unpaired) electrons. The van der Waals surface area contributed by atoms with E-state index in [1.807, 2.05) is 6.07 Å². The average Bonchev–Trinajstić information content (AvgIpc) is 2.58. The molecule has 1 aliphatic rings. The van der Waals surface area contributed by atoms with Gasteiger partial charge in [0.05, 0.1) is 5.57 Å². The molecule has 0 saturated heterocycles. The Kier molecular flexibility index (Phi) is 3.06. The second-order valence-corrected chi connectivity index (χ2v) is 3.93. The van der Waals surface area contributed by atoms with Crippen molar-refractivity contribution >= 4 is 34.2 Å². The summed E-state index contributed by atoms with van der Waals surface area (Å²) < 4.78 is 0. The van der Waals surface area contributed by atoms with Gasteiger partial charge in [-0.2, -0.15) is 0 Å². The summed E-state index contributed by atoms with van der Waals surface area (Å²) in [5, 5.41) is -0.741. The lowest BCUT2D eigenvalue weighted by molar-refractivity contribution is -0.138. The van der Waals surface area contributed by atoms with Crippen molar-refractivity contribution in [1.82, 2.24) is 4.90 Å². The second-order valence-electron chi connectivity index (χ2n) is 3.51. The fraction of sp³-hybridized carbons (Fsp3) is 0.0833. The van der Waals surface area contributed by atoms with Crippen LogP contribution in [-0.4, -0.2) is 28.5 Å². The highest BCUT2D eigenvalue weighted by Crippen LogP contribution is 2.23. The Hall–Kier alpha value is -1.94. The number of amides is 2. The van der Waals surface area contributed by atoms with Crippen molar-refractivity contribution in [2.24, 2.45) is 0 Å². The Balaban J connectivity index is 2.29. The molecular formula is C12H8ClNO3. The predicted molar refractivity (Wildman–Crippen MR) is 62.0 cm³/mol. The highest BCUT2D eigenvalue weighted by molar-refractivity contribution is 6.64. The maximum absolute atomic E-state index is 11.9. The molecule has 0 fully saturated rings. The fourth-order valence-electron chi connectivity index (χ4n) is 1.61. The minimum Gasteiger partial charge on any atom is -0.279 e. The molecule has 0 aromatic heterocycles. The molecule has 1 heterocycles. The van der Waals surface area contributed by atoms with E-state index >= 15 is 0 Å². The van der Waals surface area contributed by atoms with E-state index in [-0.39, 0.29) is 5.57 Å². The van der Waals surface area contributed by atoms with Crippen LogP contribution >= 0.6 is 11.6 Å². The first kappa shape index (κ1) is 11.5. The van der Waals surface area contributed by atoms with E-state index in [2.05, 4.69) is 0 Å². The van der Waals surface area contributed by atoms with Crippen molar-refractivity contribution in [2.45, 2.75) is 0 Å². The molecule has 1 aromatic rings. The number of halogens is 1. The Bertz CT molecular complexity index is 522. The zero-order chi connectivity index (χ0) is 12.4. The van der Waals surface area contributed by atoms with Gasteiger partial charge in [0.25, 0.3) is 11.8 Å². The fourth-order valence-corrected chi connectivity index (χ4v) is 1.73. The monoisotopic (exact) mass is 249 g/mol. The second kappa shape index (κ2) is 4.51. The van der Waals surface area contributed by atoms with Crippen LogP contribution in [0.5, 0.6) is 0 Å². The van der Waals surface area contributed by atoms with E-state index < -0.39 is 23.6 Å². The smallest absolute Gasteiger partial charge is 0.261 e. The van der Waals surface area contributed by atoms with Crippen molar-refractivity contribution in [2.75, 3.05) is 6.54 Å². The Labute approximate surface area is 102 Å². The summed E-state index contributed by atoms with van der Waals surface area (Å²) >= 11 is 5.17. The number of nitrogens with zero attached hydrogens (tertiary/aromatic N) is 1. The molecule has 0 aliphatic carbocycles. The third-order valence-corrected chi connectivity index (χ3v) is 2.50. The lowest BCUT2D eigenvalue weighted by Gasteiger charge is -2.11. The molecule has 0 saturated carbocycles. The van der Waals surface area contributed by atoms with E-state index in [9.17, 15) is 14.4 Å². The van der Waals surface area contributed by atoms with Crippen LogP contribution in [0.15, 0.2) is 36.4 Å². The summed E-state index contributed by atoms with van der Waals surface area (Å²) in [6.45, 7) is -0.397. The molecule has 4 nitrogen and oxygen atoms in total. The van der Waals surface area contributed by atoms with Gasteiger partial charge in [-0.1, -0.05) is 30.3 Å². The molecule has 17 heavy (non-hydrogen) atoms. The molecule has 0 spiro atoms. The first-order valence-corrected chi connectivity index (χ1v) is 5.28. The van der Waals surface area contributed by atoms with Crippen LogP contribution in [0.4, 0.5) is 0 Å². The van der Waals surface area contributed by atoms with Crippen LogP contribution in [0.3, 0.4) is 0 Å². The summed E-state index contributed by atoms with van der Waals surface area (Å²) in [6.07, 6.45) is 1.22. The molecule has 1 aromatic carbocycles. The number of benzene rings is 1. The Morgan fingerprint density at radius 3 is 2.41 bits per heavy atom. The van der Waals surface area contributed by atoms with E-state index in [0.717, 1.165) is 4.90 Å². The van der Waals surface area contributed by atoms with Crippen LogP contribution < -0.4 is 0 Å². The van der Waals surface area contributed by atoms with Crippen LogP contribution in [0.2, 0.25) is 0 Å². The largest absolute Gasteiger partial charge is 0.279 e. The van der Waals surface area contributed by atoms with Crippen LogP contribution in [0.25, 0.3) is 5.57 Å². The highest BCUT2D eigenvalue weighted by Gasteiger charge is 2.32. The molecule has 5 heteroatoms. The number of hydrogen-bond acceptors (Lipinski definition) is 3. The number of carbonyl (C=O) groups excluding carboxylic acids is 3. The maximum Gasteiger partial charge on any atom is 0.261 e. The van der Waals surface area contributed by atoms with Gasteiger partial charge in [0.1, 0.15) is 6.54 Å². The van der Waals surface area contributed by atoms with Gasteiger partial charge >= 0.3 is 0 Å². The molecule has 2 amide bonds. The topological polar surface area (TPSA) is 54.5 Å². The van der Waals surface area contributed by atoms with Crippen molar-refractivity contribution in [1.29, 1.82) is 0 Å². The van der Waals surface area contributed by atoms with E-state index in [1.54, 1.807) is 24.3 Å². The minimum atomic E-state index is -0.741. The van der Waals surface area contributed by atoms with Gasteiger partial charge in [-0.15, -0.1) is 0 Å². The molecule has 0 N–H and O–H groups in total. The summed E-state index contributed by atoms with van der Waals surface area (Å²) in [5.74, 6) is -1.00. The molecule has 1 aliphatic heterocycles. The van der Waals surface area contributed by atoms with E-state index in [4.69, 9.17) is 11.6 Å². The number of hydrogen-bond donors (Lipinski definition) is 0.